The number of piperazine rings is 1. The fourth-order valence-electron chi connectivity index (χ4n) is 3.84. The van der Waals surface area contributed by atoms with Gasteiger partial charge in [-0.05, 0) is 37.6 Å². The zero-order chi connectivity index (χ0) is 24.9. The number of nitrogens with two attached hydrogens (primary N) is 1. The van der Waals surface area contributed by atoms with E-state index in [4.69, 9.17) is 5.14 Å². The van der Waals surface area contributed by atoms with Crippen LogP contribution in [0.15, 0.2) is 58.3 Å². The molecule has 10 nitrogen and oxygen atoms in total. The fraction of sp³-hybridized carbons (Fsp3) is 0.409. The molecule has 0 bridgehead atoms. The van der Waals surface area contributed by atoms with Crippen LogP contribution in [0.2, 0.25) is 0 Å². The first kappa shape index (κ1) is 25.9. The Hall–Kier alpha value is -2.67. The number of primary sulfonamides is 1. The number of nitrogens with zero attached hydrogens (tertiary/aromatic N) is 3. The largest absolute Gasteiger partial charge is 0.377 e. The summed E-state index contributed by atoms with van der Waals surface area (Å²) in [5.74, 6) is 0.0668. The van der Waals surface area contributed by atoms with Gasteiger partial charge in [0.05, 0.1) is 15.2 Å². The molecule has 0 radical (unpaired) electrons. The number of nitro groups is 1. The Kier molecular flexibility index (Phi) is 8.52. The Labute approximate surface area is 203 Å². The van der Waals surface area contributed by atoms with Crippen LogP contribution in [0.5, 0.6) is 0 Å². The summed E-state index contributed by atoms with van der Waals surface area (Å²) < 4.78 is 23.2. The van der Waals surface area contributed by atoms with E-state index in [9.17, 15) is 23.3 Å². The summed E-state index contributed by atoms with van der Waals surface area (Å²) in [6.07, 6.45) is 0.660. The van der Waals surface area contributed by atoms with Gasteiger partial charge < -0.3 is 10.2 Å². The molecule has 1 aliphatic heterocycles. The number of hydrogen-bond acceptors (Lipinski definition) is 8. The number of carbonyl (C=O) groups is 1. The van der Waals surface area contributed by atoms with Crippen LogP contribution in [0.4, 0.5) is 11.4 Å². The van der Waals surface area contributed by atoms with Gasteiger partial charge in [0, 0.05) is 50.1 Å². The van der Waals surface area contributed by atoms with Crippen LogP contribution in [0.25, 0.3) is 0 Å². The smallest absolute Gasteiger partial charge is 0.293 e. The maximum atomic E-state index is 11.7. The molecule has 0 saturated carbocycles. The molecular formula is C22H29N5O5S2. The number of nitrogens with one attached hydrogen (secondary N) is 1. The molecule has 3 N–H and O–H groups in total. The van der Waals surface area contributed by atoms with Gasteiger partial charge in [-0.25, -0.2) is 13.6 Å². The van der Waals surface area contributed by atoms with Gasteiger partial charge in [0.1, 0.15) is 5.69 Å². The highest BCUT2D eigenvalue weighted by molar-refractivity contribution is 7.99. The molecule has 184 valence electrons. The maximum absolute atomic E-state index is 11.7. The molecule has 12 heteroatoms. The van der Waals surface area contributed by atoms with Crippen LogP contribution in [0, 0.1) is 10.1 Å². The molecule has 0 aromatic heterocycles. The van der Waals surface area contributed by atoms with Crippen LogP contribution in [0.3, 0.4) is 0 Å². The summed E-state index contributed by atoms with van der Waals surface area (Å²) in [6.45, 7) is 6.29. The lowest BCUT2D eigenvalue weighted by Gasteiger charge is -2.39. The van der Waals surface area contributed by atoms with Gasteiger partial charge in [-0.2, -0.15) is 0 Å². The zero-order valence-electron chi connectivity index (χ0n) is 19.1. The Morgan fingerprint density at radius 1 is 1.18 bits per heavy atom. The van der Waals surface area contributed by atoms with Crippen LogP contribution < -0.4 is 10.5 Å². The summed E-state index contributed by atoms with van der Waals surface area (Å²) in [6, 6.07) is 13.4. The second kappa shape index (κ2) is 11.2. The normalized spacial score (nSPS) is 16.6. The summed E-state index contributed by atoms with van der Waals surface area (Å²) in [4.78, 5) is 27.6. The van der Waals surface area contributed by atoms with Gasteiger partial charge in [0.15, 0.2) is 0 Å². The van der Waals surface area contributed by atoms with Gasteiger partial charge in [-0.1, -0.05) is 18.2 Å². The Bertz CT molecular complexity index is 1120. The van der Waals surface area contributed by atoms with Crippen LogP contribution in [0.1, 0.15) is 20.3 Å². The number of amides is 1. The Balaban J connectivity index is 1.77. The van der Waals surface area contributed by atoms with Crippen molar-refractivity contribution in [3.8, 4) is 0 Å². The minimum absolute atomic E-state index is 0.0668. The SMILES string of the molecule is CC(=O)N1CCN([C@H](C[C@@H](C)Nc2ccc(S(N)(=O)=O)cc2[N+](=O)[O-])Sc2ccccc2)CC1. The number of hydrogen-bond donors (Lipinski definition) is 2. The molecule has 1 heterocycles. The van der Waals surface area contributed by atoms with Crippen molar-refractivity contribution in [3.63, 3.8) is 0 Å². The molecule has 2 aromatic carbocycles. The molecule has 34 heavy (non-hydrogen) atoms. The van der Waals surface area contributed by atoms with Crippen molar-refractivity contribution in [2.24, 2.45) is 5.14 Å². The second-order valence-corrected chi connectivity index (χ2v) is 11.0. The third-order valence-electron chi connectivity index (χ3n) is 5.63. The number of carbonyl (C=O) groups excluding carboxylic acids is 1. The molecule has 3 rings (SSSR count). The van der Waals surface area contributed by atoms with E-state index in [2.05, 4.69) is 10.2 Å². The van der Waals surface area contributed by atoms with Gasteiger partial charge in [0.2, 0.25) is 15.9 Å². The molecule has 0 unspecified atom stereocenters. The van der Waals surface area contributed by atoms with Crippen molar-refractivity contribution in [1.82, 2.24) is 9.80 Å². The molecule has 0 spiro atoms. The van der Waals surface area contributed by atoms with E-state index in [1.54, 1.807) is 18.7 Å². The van der Waals surface area contributed by atoms with Gasteiger partial charge >= 0.3 is 0 Å². The number of thioether (sulfide) groups is 1. The van der Waals surface area contributed by atoms with Crippen LogP contribution >= 0.6 is 11.8 Å². The van der Waals surface area contributed by atoms with Crippen LogP contribution in [-0.2, 0) is 14.8 Å². The van der Waals surface area contributed by atoms with Crippen molar-refractivity contribution in [3.05, 3.63) is 58.6 Å². The standard InChI is InChI=1S/C22H29N5O5S2/c1-16(24-20-9-8-19(34(23,31)32)15-21(20)27(29)30)14-22(33-18-6-4-3-5-7-18)26-12-10-25(11-13-26)17(2)28/h3-9,15-16,22,24H,10-14H2,1-2H3,(H2,23,31,32)/t16-,22+/m1/s1. The first-order valence-corrected chi connectivity index (χ1v) is 13.3. The summed E-state index contributed by atoms with van der Waals surface area (Å²) in [5, 5.41) is 19.9. The average Bonchev–Trinajstić information content (AvgIpc) is 2.78. The molecule has 2 aromatic rings. The van der Waals surface area contributed by atoms with E-state index in [1.807, 2.05) is 42.2 Å². The van der Waals surface area contributed by atoms with Gasteiger partial charge in [-0.15, -0.1) is 11.8 Å². The highest BCUT2D eigenvalue weighted by Crippen LogP contribution is 2.32. The van der Waals surface area contributed by atoms with Gasteiger partial charge in [-0.3, -0.25) is 19.8 Å². The van der Waals surface area contributed by atoms with E-state index < -0.39 is 14.9 Å². The van der Waals surface area contributed by atoms with Crippen molar-refractivity contribution in [2.75, 3.05) is 31.5 Å². The minimum atomic E-state index is -4.05. The lowest BCUT2D eigenvalue weighted by molar-refractivity contribution is -0.384. The number of sulfonamides is 1. The van der Waals surface area contributed by atoms with Crippen LogP contribution in [-0.4, -0.2) is 66.6 Å². The van der Waals surface area contributed by atoms with Gasteiger partial charge in [0.25, 0.3) is 5.69 Å². The second-order valence-electron chi connectivity index (χ2n) is 8.19. The lowest BCUT2D eigenvalue weighted by atomic mass is 10.1. The molecule has 2 atom stereocenters. The lowest BCUT2D eigenvalue weighted by Crippen LogP contribution is -2.51. The average molecular weight is 508 g/mol. The molecule has 1 saturated heterocycles. The molecule has 1 fully saturated rings. The number of benzene rings is 2. The maximum Gasteiger partial charge on any atom is 0.293 e. The number of anilines is 1. The number of nitro benzene ring substituents is 1. The Morgan fingerprint density at radius 2 is 1.82 bits per heavy atom. The molecule has 0 aliphatic carbocycles. The third-order valence-corrected chi connectivity index (χ3v) is 7.85. The van der Waals surface area contributed by atoms with Crippen molar-refractivity contribution in [2.45, 2.75) is 41.5 Å². The summed E-state index contributed by atoms with van der Waals surface area (Å²) >= 11 is 1.71. The third kappa shape index (κ3) is 6.92. The van der Waals surface area contributed by atoms with E-state index in [0.717, 1.165) is 24.1 Å². The predicted octanol–water partition coefficient (Wildman–Crippen LogP) is 2.72. The Morgan fingerprint density at radius 3 is 2.38 bits per heavy atom. The highest BCUT2D eigenvalue weighted by Gasteiger charge is 2.28. The van der Waals surface area contributed by atoms with E-state index in [1.165, 1.54) is 12.1 Å². The summed E-state index contributed by atoms with van der Waals surface area (Å²) in [5.41, 5.74) is -0.115. The molecular weight excluding hydrogens is 478 g/mol. The first-order valence-electron chi connectivity index (χ1n) is 10.8. The zero-order valence-corrected chi connectivity index (χ0v) is 20.7. The number of rotatable bonds is 9. The van der Waals surface area contributed by atoms with Crippen molar-refractivity contribution in [1.29, 1.82) is 0 Å². The molecule has 1 aliphatic rings. The van der Waals surface area contributed by atoms with Crippen molar-refractivity contribution < 1.29 is 18.1 Å². The van der Waals surface area contributed by atoms with E-state index >= 15 is 0 Å². The summed E-state index contributed by atoms with van der Waals surface area (Å²) in [7, 11) is -4.05. The predicted molar refractivity (Wildman–Crippen MR) is 132 cm³/mol. The quantitative estimate of drug-likeness (QED) is 0.300. The fourth-order valence-corrected chi connectivity index (χ4v) is 5.75. The van der Waals surface area contributed by atoms with E-state index in [0.29, 0.717) is 19.5 Å². The highest BCUT2D eigenvalue weighted by atomic mass is 32.2. The monoisotopic (exact) mass is 507 g/mol. The topological polar surface area (TPSA) is 139 Å². The van der Waals surface area contributed by atoms with E-state index in [-0.39, 0.29) is 33.6 Å². The first-order chi connectivity index (χ1) is 16.0. The van der Waals surface area contributed by atoms with Crippen molar-refractivity contribution >= 4 is 39.1 Å². The molecule has 1 amide bonds. The minimum Gasteiger partial charge on any atom is -0.377 e.